The van der Waals surface area contributed by atoms with Crippen molar-refractivity contribution in [2.24, 2.45) is 0 Å². The lowest BCUT2D eigenvalue weighted by Crippen LogP contribution is -2.36. The van der Waals surface area contributed by atoms with Crippen molar-refractivity contribution in [1.82, 2.24) is 0 Å². The molecule has 24 heavy (non-hydrogen) atoms. The van der Waals surface area contributed by atoms with Gasteiger partial charge < -0.3 is 9.64 Å². The lowest BCUT2D eigenvalue weighted by atomic mass is 10.1. The number of hydrogen-bond donors (Lipinski definition) is 0. The van der Waals surface area contributed by atoms with Crippen LogP contribution in [0.3, 0.4) is 0 Å². The van der Waals surface area contributed by atoms with Crippen molar-refractivity contribution < 1.29 is 18.3 Å². The Bertz CT molecular complexity index is 768. The standard InChI is InChI=1S/C19H17F2NO2/c20-17-6-4-14(12-18(17)21)5-7-19(23)15-2-1-3-16(13-15)22-8-10-24-11-9-22/h1-7,12-13H,8-11H2/b7-5+. The zero-order chi connectivity index (χ0) is 16.9. The fourth-order valence-corrected chi connectivity index (χ4v) is 2.56. The second-order valence-electron chi connectivity index (χ2n) is 5.52. The zero-order valence-electron chi connectivity index (χ0n) is 13.0. The van der Waals surface area contributed by atoms with E-state index in [4.69, 9.17) is 4.74 Å². The molecule has 0 aromatic heterocycles. The summed E-state index contributed by atoms with van der Waals surface area (Å²) in [6.07, 6.45) is 2.84. The number of allylic oxidation sites excluding steroid dienone is 1. The normalized spacial score (nSPS) is 15.0. The lowest BCUT2D eigenvalue weighted by Gasteiger charge is -2.29. The summed E-state index contributed by atoms with van der Waals surface area (Å²) in [4.78, 5) is 14.5. The highest BCUT2D eigenvalue weighted by Crippen LogP contribution is 2.18. The molecule has 2 aromatic rings. The first-order valence-corrected chi connectivity index (χ1v) is 7.74. The van der Waals surface area contributed by atoms with Crippen molar-refractivity contribution in [3.05, 3.63) is 71.3 Å². The van der Waals surface area contributed by atoms with Gasteiger partial charge in [0.05, 0.1) is 13.2 Å². The highest BCUT2D eigenvalue weighted by molar-refractivity contribution is 6.07. The number of hydrogen-bond acceptors (Lipinski definition) is 3. The molecule has 2 aromatic carbocycles. The Balaban J connectivity index is 1.74. The van der Waals surface area contributed by atoms with Gasteiger partial charge in [0, 0.05) is 24.3 Å². The molecule has 0 bridgehead atoms. The Hall–Kier alpha value is -2.53. The number of ketones is 1. The molecule has 5 heteroatoms. The predicted octanol–water partition coefficient (Wildman–Crippen LogP) is 3.70. The Morgan fingerprint density at radius 3 is 2.58 bits per heavy atom. The molecule has 0 unspecified atom stereocenters. The van der Waals surface area contributed by atoms with Crippen LogP contribution in [0.2, 0.25) is 0 Å². The summed E-state index contributed by atoms with van der Waals surface area (Å²) in [5, 5.41) is 0. The van der Waals surface area contributed by atoms with E-state index < -0.39 is 11.6 Å². The molecule has 1 heterocycles. The van der Waals surface area contributed by atoms with Crippen LogP contribution >= 0.6 is 0 Å². The number of anilines is 1. The first-order chi connectivity index (χ1) is 11.6. The van der Waals surface area contributed by atoms with Crippen LogP contribution in [0.1, 0.15) is 15.9 Å². The van der Waals surface area contributed by atoms with Crippen LogP contribution in [0.15, 0.2) is 48.5 Å². The van der Waals surface area contributed by atoms with E-state index in [1.54, 1.807) is 6.07 Å². The molecule has 1 aliphatic rings. The summed E-state index contributed by atoms with van der Waals surface area (Å²) < 4.78 is 31.4. The number of carbonyl (C=O) groups is 1. The van der Waals surface area contributed by atoms with Gasteiger partial charge in [-0.3, -0.25) is 4.79 Å². The van der Waals surface area contributed by atoms with Crippen molar-refractivity contribution in [2.75, 3.05) is 31.2 Å². The van der Waals surface area contributed by atoms with Gasteiger partial charge in [-0.15, -0.1) is 0 Å². The van der Waals surface area contributed by atoms with Crippen LogP contribution in [0, 0.1) is 11.6 Å². The molecule has 0 atom stereocenters. The molecule has 0 saturated carbocycles. The zero-order valence-corrected chi connectivity index (χ0v) is 13.0. The third-order valence-electron chi connectivity index (χ3n) is 3.88. The van der Waals surface area contributed by atoms with E-state index in [0.717, 1.165) is 30.9 Å². The third kappa shape index (κ3) is 3.86. The fourth-order valence-electron chi connectivity index (χ4n) is 2.56. The van der Waals surface area contributed by atoms with Gasteiger partial charge in [0.1, 0.15) is 0 Å². The number of rotatable bonds is 4. The molecule has 0 spiro atoms. The van der Waals surface area contributed by atoms with E-state index in [1.807, 2.05) is 18.2 Å². The van der Waals surface area contributed by atoms with Gasteiger partial charge >= 0.3 is 0 Å². The maximum atomic E-state index is 13.2. The third-order valence-corrected chi connectivity index (χ3v) is 3.88. The van der Waals surface area contributed by atoms with Crippen LogP contribution in [0.25, 0.3) is 6.08 Å². The lowest BCUT2D eigenvalue weighted by molar-refractivity contribution is 0.104. The average Bonchev–Trinajstić information content (AvgIpc) is 2.63. The SMILES string of the molecule is O=C(/C=C/c1ccc(F)c(F)c1)c1cccc(N2CCOCC2)c1. The highest BCUT2D eigenvalue weighted by Gasteiger charge is 2.12. The average molecular weight is 329 g/mol. The quantitative estimate of drug-likeness (QED) is 0.633. The van der Waals surface area contributed by atoms with E-state index in [9.17, 15) is 13.6 Å². The first-order valence-electron chi connectivity index (χ1n) is 7.74. The van der Waals surface area contributed by atoms with Crippen LogP contribution in [-0.2, 0) is 4.74 Å². The number of benzene rings is 2. The predicted molar refractivity (Wildman–Crippen MR) is 89.2 cm³/mol. The van der Waals surface area contributed by atoms with Crippen molar-refractivity contribution in [3.8, 4) is 0 Å². The number of ether oxygens (including phenoxy) is 1. The molecule has 1 saturated heterocycles. The van der Waals surface area contributed by atoms with Gasteiger partial charge in [-0.2, -0.15) is 0 Å². The van der Waals surface area contributed by atoms with Gasteiger partial charge in [0.25, 0.3) is 0 Å². The molecule has 1 fully saturated rings. The molecule has 1 aliphatic heterocycles. The topological polar surface area (TPSA) is 29.5 Å². The summed E-state index contributed by atoms with van der Waals surface area (Å²) >= 11 is 0. The first kappa shape index (κ1) is 16.3. The minimum Gasteiger partial charge on any atom is -0.378 e. The van der Waals surface area contributed by atoms with Crippen molar-refractivity contribution >= 4 is 17.5 Å². The summed E-state index contributed by atoms with van der Waals surface area (Å²) in [6.45, 7) is 2.94. The molecule has 124 valence electrons. The maximum Gasteiger partial charge on any atom is 0.185 e. The summed E-state index contributed by atoms with van der Waals surface area (Å²) in [5.74, 6) is -2.02. The molecule has 0 aliphatic carbocycles. The largest absolute Gasteiger partial charge is 0.378 e. The number of carbonyl (C=O) groups excluding carboxylic acids is 1. The smallest absolute Gasteiger partial charge is 0.185 e. The molecule has 3 rings (SSSR count). The van der Waals surface area contributed by atoms with Gasteiger partial charge in [-0.1, -0.05) is 24.3 Å². The van der Waals surface area contributed by atoms with Gasteiger partial charge in [-0.25, -0.2) is 8.78 Å². The van der Waals surface area contributed by atoms with E-state index in [1.165, 1.54) is 18.2 Å². The van der Waals surface area contributed by atoms with Crippen LogP contribution in [0.5, 0.6) is 0 Å². The summed E-state index contributed by atoms with van der Waals surface area (Å²) in [6, 6.07) is 10.9. The van der Waals surface area contributed by atoms with E-state index in [0.29, 0.717) is 24.3 Å². The maximum absolute atomic E-state index is 13.2. The molecular formula is C19H17F2NO2. The number of nitrogens with zero attached hydrogens (tertiary/aromatic N) is 1. The van der Waals surface area contributed by atoms with Crippen LogP contribution in [-0.4, -0.2) is 32.1 Å². The number of morpholine rings is 1. The second kappa shape index (κ2) is 7.36. The Morgan fingerprint density at radius 2 is 1.83 bits per heavy atom. The van der Waals surface area contributed by atoms with Crippen molar-refractivity contribution in [1.29, 1.82) is 0 Å². The summed E-state index contributed by atoms with van der Waals surface area (Å²) in [7, 11) is 0. The number of halogens is 2. The van der Waals surface area contributed by atoms with Gasteiger partial charge in [0.2, 0.25) is 0 Å². The minimum atomic E-state index is -0.932. The Labute approximate surface area is 139 Å². The van der Waals surface area contributed by atoms with Crippen molar-refractivity contribution in [2.45, 2.75) is 0 Å². The fraction of sp³-hybridized carbons (Fsp3) is 0.211. The van der Waals surface area contributed by atoms with Crippen molar-refractivity contribution in [3.63, 3.8) is 0 Å². The molecule has 0 N–H and O–H groups in total. The molecule has 0 amide bonds. The van der Waals surface area contributed by atoms with Crippen LogP contribution in [0.4, 0.5) is 14.5 Å². The Morgan fingerprint density at radius 1 is 1.04 bits per heavy atom. The van der Waals surface area contributed by atoms with Gasteiger partial charge in [0.15, 0.2) is 17.4 Å². The second-order valence-corrected chi connectivity index (χ2v) is 5.52. The van der Waals surface area contributed by atoms with Crippen LogP contribution < -0.4 is 4.90 Å². The molecular weight excluding hydrogens is 312 g/mol. The van der Waals surface area contributed by atoms with Gasteiger partial charge in [-0.05, 0) is 35.9 Å². The monoisotopic (exact) mass is 329 g/mol. The molecule has 0 radical (unpaired) electrons. The van der Waals surface area contributed by atoms with E-state index in [2.05, 4.69) is 4.90 Å². The summed E-state index contributed by atoms with van der Waals surface area (Å²) in [5.41, 5.74) is 1.97. The minimum absolute atomic E-state index is 0.185. The van der Waals surface area contributed by atoms with E-state index in [-0.39, 0.29) is 5.78 Å². The van der Waals surface area contributed by atoms with E-state index >= 15 is 0 Å². The Kier molecular flexibility index (Phi) is 5.01. The highest BCUT2D eigenvalue weighted by atomic mass is 19.2. The molecule has 3 nitrogen and oxygen atoms in total.